The third kappa shape index (κ3) is 2.92. The van der Waals surface area contributed by atoms with Gasteiger partial charge in [0.15, 0.2) is 0 Å². The maximum absolute atomic E-state index is 12.9. The predicted molar refractivity (Wildman–Crippen MR) is 86.7 cm³/mol. The molecule has 1 unspecified atom stereocenters. The summed E-state index contributed by atoms with van der Waals surface area (Å²) in [5.74, 6) is -0.578. The number of anilines is 1. The molecule has 0 aliphatic heterocycles. The predicted octanol–water partition coefficient (Wildman–Crippen LogP) is 3.39. The van der Waals surface area contributed by atoms with Crippen LogP contribution >= 0.6 is 0 Å². The molecule has 0 bridgehead atoms. The van der Waals surface area contributed by atoms with Crippen LogP contribution in [-0.4, -0.2) is 20.9 Å². The van der Waals surface area contributed by atoms with Crippen molar-refractivity contribution in [2.24, 2.45) is 0 Å². The minimum absolute atomic E-state index is 0.235. The maximum Gasteiger partial charge on any atom is 0.249 e. The minimum atomic E-state index is -0.535. The lowest BCUT2D eigenvalue weighted by molar-refractivity contribution is -0.119. The van der Waals surface area contributed by atoms with Crippen molar-refractivity contribution < 1.29 is 9.18 Å². The van der Waals surface area contributed by atoms with E-state index in [1.54, 1.807) is 11.6 Å². The summed E-state index contributed by atoms with van der Waals surface area (Å²) in [6.45, 7) is 5.77. The molecule has 0 spiro atoms. The molecule has 0 aliphatic rings. The number of aromatic nitrogens is 3. The molecule has 1 amide bonds. The van der Waals surface area contributed by atoms with Crippen LogP contribution in [0.4, 0.5) is 10.1 Å². The Balaban J connectivity index is 1.87. The zero-order chi connectivity index (χ0) is 16.6. The molecule has 1 heterocycles. The molecule has 5 nitrogen and oxygen atoms in total. The van der Waals surface area contributed by atoms with Crippen LogP contribution in [0.1, 0.15) is 24.1 Å². The summed E-state index contributed by atoms with van der Waals surface area (Å²) in [6, 6.07) is 9.05. The topological polar surface area (TPSA) is 59.8 Å². The van der Waals surface area contributed by atoms with E-state index in [9.17, 15) is 9.18 Å². The van der Waals surface area contributed by atoms with Gasteiger partial charge < -0.3 is 5.32 Å². The Kier molecular flexibility index (Phi) is 3.82. The zero-order valence-electron chi connectivity index (χ0n) is 13.2. The van der Waals surface area contributed by atoms with E-state index in [-0.39, 0.29) is 11.7 Å². The van der Waals surface area contributed by atoms with Crippen molar-refractivity contribution in [3.63, 3.8) is 0 Å². The molecule has 0 saturated heterocycles. The van der Waals surface area contributed by atoms with Gasteiger partial charge in [0.05, 0.1) is 5.52 Å². The van der Waals surface area contributed by atoms with E-state index in [1.165, 1.54) is 24.3 Å². The fourth-order valence-corrected chi connectivity index (χ4v) is 2.37. The van der Waals surface area contributed by atoms with Gasteiger partial charge in [-0.15, -0.1) is 5.10 Å². The smallest absolute Gasteiger partial charge is 0.249 e. The fraction of sp³-hybridized carbons (Fsp3) is 0.235. The highest BCUT2D eigenvalue weighted by molar-refractivity contribution is 5.94. The lowest BCUT2D eigenvalue weighted by Gasteiger charge is -2.13. The summed E-state index contributed by atoms with van der Waals surface area (Å²) in [7, 11) is 0. The van der Waals surface area contributed by atoms with Crippen molar-refractivity contribution in [3.8, 4) is 0 Å². The van der Waals surface area contributed by atoms with Crippen LogP contribution in [-0.2, 0) is 4.79 Å². The van der Waals surface area contributed by atoms with E-state index < -0.39 is 6.04 Å². The lowest BCUT2D eigenvalue weighted by atomic mass is 10.1. The largest absolute Gasteiger partial charge is 0.324 e. The lowest BCUT2D eigenvalue weighted by Crippen LogP contribution is -2.24. The first-order chi connectivity index (χ1) is 11.0. The van der Waals surface area contributed by atoms with Crippen molar-refractivity contribution in [2.75, 3.05) is 5.32 Å². The first kappa shape index (κ1) is 15.1. The van der Waals surface area contributed by atoms with E-state index in [2.05, 4.69) is 15.6 Å². The van der Waals surface area contributed by atoms with Gasteiger partial charge in [-0.05, 0) is 68.3 Å². The molecule has 1 atom stereocenters. The standard InChI is InChI=1S/C17H17FN4O/c1-10-8-15-16(9-11(10)2)22(21-20-15)12(3)17(23)19-14-6-4-13(18)5-7-14/h4-9,12H,1-3H3,(H,19,23). The quantitative estimate of drug-likeness (QED) is 0.806. The first-order valence-electron chi connectivity index (χ1n) is 7.34. The Morgan fingerprint density at radius 2 is 1.83 bits per heavy atom. The molecular formula is C17H17FN4O. The van der Waals surface area contributed by atoms with Crippen molar-refractivity contribution in [1.29, 1.82) is 0 Å². The number of halogens is 1. The van der Waals surface area contributed by atoms with Crippen molar-refractivity contribution in [2.45, 2.75) is 26.8 Å². The van der Waals surface area contributed by atoms with Crippen LogP contribution in [0, 0.1) is 19.7 Å². The maximum atomic E-state index is 12.9. The summed E-state index contributed by atoms with van der Waals surface area (Å²) in [5, 5.41) is 11.0. The summed E-state index contributed by atoms with van der Waals surface area (Å²) in [4.78, 5) is 12.4. The molecule has 118 valence electrons. The number of benzene rings is 2. The Labute approximate surface area is 133 Å². The van der Waals surface area contributed by atoms with Gasteiger partial charge in [0.25, 0.3) is 0 Å². The third-order valence-electron chi connectivity index (χ3n) is 3.94. The number of nitrogens with one attached hydrogen (secondary N) is 1. The molecule has 3 rings (SSSR count). The number of carbonyl (C=O) groups excluding carboxylic acids is 1. The van der Waals surface area contributed by atoms with Gasteiger partial charge in [-0.1, -0.05) is 5.21 Å². The van der Waals surface area contributed by atoms with E-state index in [0.717, 1.165) is 22.2 Å². The van der Waals surface area contributed by atoms with Crippen LogP contribution in [0.3, 0.4) is 0 Å². The molecule has 6 heteroatoms. The average molecular weight is 312 g/mol. The number of rotatable bonds is 3. The molecule has 1 N–H and O–H groups in total. The first-order valence-corrected chi connectivity index (χ1v) is 7.34. The van der Waals surface area contributed by atoms with Gasteiger partial charge in [0, 0.05) is 5.69 Å². The normalized spacial score (nSPS) is 12.3. The molecule has 0 aliphatic carbocycles. The Hall–Kier alpha value is -2.76. The second kappa shape index (κ2) is 5.79. The highest BCUT2D eigenvalue weighted by Gasteiger charge is 2.19. The molecule has 3 aromatic rings. The van der Waals surface area contributed by atoms with E-state index >= 15 is 0 Å². The van der Waals surface area contributed by atoms with Crippen LogP contribution in [0.25, 0.3) is 11.0 Å². The van der Waals surface area contributed by atoms with Crippen molar-refractivity contribution in [3.05, 3.63) is 53.3 Å². The number of hydrogen-bond acceptors (Lipinski definition) is 3. The van der Waals surface area contributed by atoms with Crippen LogP contribution in [0.5, 0.6) is 0 Å². The third-order valence-corrected chi connectivity index (χ3v) is 3.94. The number of amides is 1. The van der Waals surface area contributed by atoms with Gasteiger partial charge in [0.2, 0.25) is 5.91 Å². The summed E-state index contributed by atoms with van der Waals surface area (Å²) in [5.41, 5.74) is 4.37. The highest BCUT2D eigenvalue weighted by Crippen LogP contribution is 2.21. The fourth-order valence-electron chi connectivity index (χ4n) is 2.37. The van der Waals surface area contributed by atoms with E-state index in [0.29, 0.717) is 5.69 Å². The van der Waals surface area contributed by atoms with Gasteiger partial charge in [-0.25, -0.2) is 9.07 Å². The summed E-state index contributed by atoms with van der Waals surface area (Å²) < 4.78 is 14.5. The number of aryl methyl sites for hydroxylation is 2. The SMILES string of the molecule is Cc1cc2nnn(C(C)C(=O)Nc3ccc(F)cc3)c2cc1C. The molecule has 2 aromatic carbocycles. The minimum Gasteiger partial charge on any atom is -0.324 e. The van der Waals surface area contributed by atoms with E-state index in [1.807, 2.05) is 26.0 Å². The average Bonchev–Trinajstić information content (AvgIpc) is 2.92. The van der Waals surface area contributed by atoms with Crippen LogP contribution in [0.15, 0.2) is 36.4 Å². The van der Waals surface area contributed by atoms with Crippen molar-refractivity contribution >= 4 is 22.6 Å². The van der Waals surface area contributed by atoms with Gasteiger partial charge in [0.1, 0.15) is 17.4 Å². The van der Waals surface area contributed by atoms with Crippen molar-refractivity contribution in [1.82, 2.24) is 15.0 Å². The Bertz CT molecular complexity index is 870. The monoisotopic (exact) mass is 312 g/mol. The molecule has 1 aromatic heterocycles. The van der Waals surface area contributed by atoms with E-state index in [4.69, 9.17) is 0 Å². The summed E-state index contributed by atoms with van der Waals surface area (Å²) >= 11 is 0. The number of nitrogens with zero attached hydrogens (tertiary/aromatic N) is 3. The zero-order valence-corrected chi connectivity index (χ0v) is 13.2. The molecular weight excluding hydrogens is 295 g/mol. The molecule has 0 saturated carbocycles. The van der Waals surface area contributed by atoms with Crippen LogP contribution in [0.2, 0.25) is 0 Å². The molecule has 23 heavy (non-hydrogen) atoms. The number of carbonyl (C=O) groups is 1. The van der Waals surface area contributed by atoms with Crippen LogP contribution < -0.4 is 5.32 Å². The second-order valence-electron chi connectivity index (χ2n) is 5.63. The van der Waals surface area contributed by atoms with Gasteiger partial charge in [-0.2, -0.15) is 0 Å². The Morgan fingerprint density at radius 1 is 1.17 bits per heavy atom. The second-order valence-corrected chi connectivity index (χ2v) is 5.63. The molecule has 0 radical (unpaired) electrons. The highest BCUT2D eigenvalue weighted by atomic mass is 19.1. The molecule has 0 fully saturated rings. The van der Waals surface area contributed by atoms with Gasteiger partial charge >= 0.3 is 0 Å². The Morgan fingerprint density at radius 3 is 2.52 bits per heavy atom. The number of fused-ring (bicyclic) bond motifs is 1. The summed E-state index contributed by atoms with van der Waals surface area (Å²) in [6.07, 6.45) is 0. The number of hydrogen-bond donors (Lipinski definition) is 1. The van der Waals surface area contributed by atoms with Gasteiger partial charge in [-0.3, -0.25) is 4.79 Å².